The Kier molecular flexibility index (Phi) is 4.96. The summed E-state index contributed by atoms with van der Waals surface area (Å²) in [5.74, 6) is -0.552. The highest BCUT2D eigenvalue weighted by Gasteiger charge is 2.55. The third-order valence-electron chi connectivity index (χ3n) is 6.10. The number of anilines is 1. The topological polar surface area (TPSA) is 92.1 Å². The number of amides is 3. The molecule has 13 heteroatoms. The molecule has 1 aliphatic heterocycles. The number of hydrogen-bond acceptors (Lipinski definition) is 6. The van der Waals surface area contributed by atoms with Crippen molar-refractivity contribution in [3.05, 3.63) is 41.8 Å². The number of nitrogens with zero attached hydrogens (tertiary/aromatic N) is 5. The van der Waals surface area contributed by atoms with Gasteiger partial charge in [0.15, 0.2) is 0 Å². The van der Waals surface area contributed by atoms with Gasteiger partial charge in [-0.05, 0) is 12.8 Å². The van der Waals surface area contributed by atoms with Crippen molar-refractivity contribution >= 4 is 33.8 Å². The van der Waals surface area contributed by atoms with E-state index in [1.807, 2.05) is 5.38 Å². The van der Waals surface area contributed by atoms with Crippen LogP contribution in [-0.4, -0.2) is 68.9 Å². The van der Waals surface area contributed by atoms with Gasteiger partial charge in [-0.1, -0.05) is 0 Å². The zero-order chi connectivity index (χ0) is 23.4. The Bertz CT molecular complexity index is 1210. The van der Waals surface area contributed by atoms with Crippen LogP contribution in [0.5, 0.6) is 5.75 Å². The number of halogens is 3. The quantitative estimate of drug-likeness (QED) is 0.618. The van der Waals surface area contributed by atoms with Crippen LogP contribution in [0.1, 0.15) is 23.2 Å². The molecule has 0 radical (unpaired) electrons. The van der Waals surface area contributed by atoms with Gasteiger partial charge in [0.25, 0.3) is 5.91 Å². The molecule has 2 fully saturated rings. The molecule has 5 rings (SSSR count). The third-order valence-corrected chi connectivity index (χ3v) is 6.99. The summed E-state index contributed by atoms with van der Waals surface area (Å²) in [5.41, 5.74) is 0.695. The van der Waals surface area contributed by atoms with Crippen LogP contribution in [0.25, 0.3) is 4.83 Å². The summed E-state index contributed by atoms with van der Waals surface area (Å²) in [6, 6.07) is 0.587. The Morgan fingerprint density at radius 2 is 2.03 bits per heavy atom. The van der Waals surface area contributed by atoms with E-state index in [4.69, 9.17) is 0 Å². The third kappa shape index (κ3) is 4.08. The average molecular weight is 480 g/mol. The van der Waals surface area contributed by atoms with Crippen molar-refractivity contribution < 1.29 is 27.5 Å². The number of alkyl halides is 3. The lowest BCUT2D eigenvalue weighted by molar-refractivity contribution is -0.274. The lowest BCUT2D eigenvalue weighted by Crippen LogP contribution is -2.67. The average Bonchev–Trinajstić information content (AvgIpc) is 3.28. The first-order valence-electron chi connectivity index (χ1n) is 10.1. The van der Waals surface area contributed by atoms with Crippen LogP contribution in [-0.2, 0) is 0 Å². The molecule has 1 spiro atoms. The number of fused-ring (bicyclic) bond motifs is 1. The minimum atomic E-state index is -4.84. The molecule has 3 amide bonds. The van der Waals surface area contributed by atoms with Crippen LogP contribution in [0.15, 0.2) is 36.2 Å². The van der Waals surface area contributed by atoms with Gasteiger partial charge in [-0.25, -0.2) is 9.31 Å². The number of aromatic nitrogens is 3. The fraction of sp³-hybridized carbons (Fsp3) is 0.400. The lowest BCUT2D eigenvalue weighted by atomic mass is 9.60. The van der Waals surface area contributed by atoms with Crippen molar-refractivity contribution in [2.75, 3.05) is 25.5 Å². The van der Waals surface area contributed by atoms with E-state index in [-0.39, 0.29) is 23.1 Å². The van der Waals surface area contributed by atoms with Crippen LogP contribution < -0.4 is 10.1 Å². The summed E-state index contributed by atoms with van der Waals surface area (Å²) < 4.78 is 42.6. The molecule has 0 aromatic carbocycles. The molecule has 9 nitrogen and oxygen atoms in total. The molecular formula is C20H19F3N6O3S. The number of carbonyl (C=O) groups excluding carboxylic acids is 2. The van der Waals surface area contributed by atoms with Crippen molar-refractivity contribution in [3.8, 4) is 5.75 Å². The first-order valence-corrected chi connectivity index (χ1v) is 11.0. The SMILES string of the molecule is CN(C(=O)Nc1cncc(OC(F)(F)F)c1)C1CC2(C1)CN(C(=O)c1cnn3ccsc13)C2. The van der Waals surface area contributed by atoms with E-state index in [1.54, 1.807) is 28.9 Å². The van der Waals surface area contributed by atoms with E-state index in [9.17, 15) is 22.8 Å². The summed E-state index contributed by atoms with van der Waals surface area (Å²) in [6.45, 7) is 1.25. The molecule has 0 unspecified atom stereocenters. The fourth-order valence-corrected chi connectivity index (χ4v) is 5.27. The number of ether oxygens (including phenoxy) is 1. The smallest absolute Gasteiger partial charge is 0.404 e. The minimum absolute atomic E-state index is 0.00137. The van der Waals surface area contributed by atoms with Crippen LogP contribution in [0.2, 0.25) is 0 Å². The predicted octanol–water partition coefficient (Wildman–Crippen LogP) is 3.46. The van der Waals surface area contributed by atoms with Gasteiger partial charge in [-0.2, -0.15) is 5.10 Å². The van der Waals surface area contributed by atoms with Gasteiger partial charge in [0, 0.05) is 49.2 Å². The van der Waals surface area contributed by atoms with E-state index < -0.39 is 18.1 Å². The molecular weight excluding hydrogens is 461 g/mol. The number of nitrogens with one attached hydrogen (secondary N) is 1. The highest BCUT2D eigenvalue weighted by atomic mass is 32.1. The molecule has 3 aromatic heterocycles. The van der Waals surface area contributed by atoms with Crippen molar-refractivity contribution in [1.29, 1.82) is 0 Å². The van der Waals surface area contributed by atoms with Crippen LogP contribution >= 0.6 is 11.3 Å². The van der Waals surface area contributed by atoms with Crippen molar-refractivity contribution in [2.45, 2.75) is 25.2 Å². The van der Waals surface area contributed by atoms with Crippen LogP contribution in [0.4, 0.5) is 23.7 Å². The van der Waals surface area contributed by atoms with Crippen LogP contribution in [0, 0.1) is 5.41 Å². The maximum Gasteiger partial charge on any atom is 0.573 e. The van der Waals surface area contributed by atoms with E-state index in [0.29, 0.717) is 18.7 Å². The minimum Gasteiger partial charge on any atom is -0.404 e. The summed E-state index contributed by atoms with van der Waals surface area (Å²) in [5, 5.41) is 8.61. The summed E-state index contributed by atoms with van der Waals surface area (Å²) >= 11 is 1.47. The second-order valence-electron chi connectivity index (χ2n) is 8.43. The van der Waals surface area contributed by atoms with E-state index in [2.05, 4.69) is 20.1 Å². The molecule has 1 saturated carbocycles. The molecule has 1 saturated heterocycles. The van der Waals surface area contributed by atoms with Crippen molar-refractivity contribution in [3.63, 3.8) is 0 Å². The first kappa shape index (κ1) is 21.5. The molecule has 2 aliphatic rings. The van der Waals surface area contributed by atoms with Gasteiger partial charge in [0.2, 0.25) is 0 Å². The maximum absolute atomic E-state index is 12.8. The van der Waals surface area contributed by atoms with E-state index >= 15 is 0 Å². The normalized spacial score (nSPS) is 17.5. The second-order valence-corrected chi connectivity index (χ2v) is 9.33. The van der Waals surface area contributed by atoms with Crippen molar-refractivity contribution in [2.24, 2.45) is 5.41 Å². The Morgan fingerprint density at radius 3 is 2.76 bits per heavy atom. The Balaban J connectivity index is 1.13. The van der Waals surface area contributed by atoms with Gasteiger partial charge in [0.05, 0.1) is 29.8 Å². The molecule has 33 heavy (non-hydrogen) atoms. The van der Waals surface area contributed by atoms with Gasteiger partial charge in [0.1, 0.15) is 10.6 Å². The summed E-state index contributed by atoms with van der Waals surface area (Å²) in [6.07, 6.45) is 2.21. The number of carbonyl (C=O) groups is 2. The lowest BCUT2D eigenvalue weighted by Gasteiger charge is -2.60. The molecule has 1 aliphatic carbocycles. The van der Waals surface area contributed by atoms with Gasteiger partial charge < -0.3 is 19.9 Å². The van der Waals surface area contributed by atoms with Gasteiger partial charge in [-0.3, -0.25) is 9.78 Å². The number of urea groups is 1. The number of pyridine rings is 1. The highest BCUT2D eigenvalue weighted by molar-refractivity contribution is 7.15. The monoisotopic (exact) mass is 480 g/mol. The Labute approximate surface area is 189 Å². The molecule has 4 heterocycles. The highest BCUT2D eigenvalue weighted by Crippen LogP contribution is 2.50. The number of likely N-dealkylation sites (tertiary alicyclic amines) is 1. The van der Waals surface area contributed by atoms with Crippen molar-refractivity contribution in [1.82, 2.24) is 24.4 Å². The number of hydrogen-bond donors (Lipinski definition) is 1. The standard InChI is InChI=1S/C20H19F3N6O3S/c1-27(18(31)26-12-4-14(8-24-7-12)32-20(21,22)23)13-5-19(6-13)10-28(11-19)16(30)15-9-25-29-2-3-33-17(15)29/h2-4,7-9,13H,5-6,10-11H2,1H3,(H,26,31). The summed E-state index contributed by atoms with van der Waals surface area (Å²) in [4.78, 5) is 33.1. The number of rotatable bonds is 4. The first-order chi connectivity index (χ1) is 15.6. The molecule has 0 bridgehead atoms. The second kappa shape index (κ2) is 7.61. The molecule has 3 aromatic rings. The molecule has 0 atom stereocenters. The van der Waals surface area contributed by atoms with E-state index in [0.717, 1.165) is 29.9 Å². The Morgan fingerprint density at radius 1 is 1.27 bits per heavy atom. The van der Waals surface area contributed by atoms with Gasteiger partial charge in [-0.15, -0.1) is 24.5 Å². The molecule has 1 N–H and O–H groups in total. The number of thiazole rings is 1. The largest absolute Gasteiger partial charge is 0.573 e. The predicted molar refractivity (Wildman–Crippen MR) is 112 cm³/mol. The fourth-order valence-electron chi connectivity index (χ4n) is 4.48. The summed E-state index contributed by atoms with van der Waals surface area (Å²) in [7, 11) is 1.64. The van der Waals surface area contributed by atoms with Crippen LogP contribution in [0.3, 0.4) is 0 Å². The molecule has 174 valence electrons. The maximum atomic E-state index is 12.8. The zero-order valence-electron chi connectivity index (χ0n) is 17.4. The zero-order valence-corrected chi connectivity index (χ0v) is 18.2. The van der Waals surface area contributed by atoms with Gasteiger partial charge >= 0.3 is 12.4 Å². The van der Waals surface area contributed by atoms with E-state index in [1.165, 1.54) is 22.4 Å². The Hall–Kier alpha value is -3.35.